The minimum Gasteiger partial charge on any atom is -0.339 e. The van der Waals surface area contributed by atoms with Gasteiger partial charge in [-0.05, 0) is 43.2 Å². The van der Waals surface area contributed by atoms with Crippen molar-refractivity contribution in [3.63, 3.8) is 0 Å². The molecule has 0 aliphatic carbocycles. The van der Waals surface area contributed by atoms with E-state index in [1.165, 1.54) is 0 Å². The molecule has 1 atom stereocenters. The van der Waals surface area contributed by atoms with E-state index < -0.39 is 5.54 Å². The number of piperazine rings is 1. The number of amides is 3. The quantitative estimate of drug-likeness (QED) is 0.601. The lowest BCUT2D eigenvalue weighted by molar-refractivity contribution is -0.137. The third kappa shape index (κ3) is 5.20. The number of thioether (sulfide) groups is 1. The van der Waals surface area contributed by atoms with Crippen molar-refractivity contribution in [2.75, 3.05) is 43.4 Å². The number of nitrogens with zero attached hydrogens (tertiary/aromatic N) is 5. The molecule has 2 aromatic heterocycles. The van der Waals surface area contributed by atoms with Crippen LogP contribution in [0.5, 0.6) is 0 Å². The molecule has 4 heterocycles. The second-order valence-corrected chi connectivity index (χ2v) is 13.4. The Morgan fingerprint density at radius 1 is 1.06 bits per heavy atom. The Bertz CT molecular complexity index is 1140. The summed E-state index contributed by atoms with van der Waals surface area (Å²) in [6.45, 7) is 16.2. The van der Waals surface area contributed by atoms with Gasteiger partial charge in [-0.3, -0.25) is 19.3 Å². The van der Waals surface area contributed by atoms with Gasteiger partial charge in [0.25, 0.3) is 0 Å². The number of fused-ring (bicyclic) bond motifs is 1. The van der Waals surface area contributed by atoms with Crippen LogP contribution in [0.3, 0.4) is 0 Å². The Hall–Kier alpha value is -2.33. The van der Waals surface area contributed by atoms with Crippen molar-refractivity contribution in [2.45, 2.75) is 64.7 Å². The van der Waals surface area contributed by atoms with E-state index in [2.05, 4.69) is 58.4 Å². The van der Waals surface area contributed by atoms with Gasteiger partial charge >= 0.3 is 0 Å². The molecule has 0 radical (unpaired) electrons. The second-order valence-electron chi connectivity index (χ2n) is 11.5. The molecule has 3 amide bonds. The number of hydrogen-bond donors (Lipinski definition) is 0. The summed E-state index contributed by atoms with van der Waals surface area (Å²) in [6, 6.07) is 2.12. The fraction of sp³-hybridized carbons (Fsp3) is 0.615. The van der Waals surface area contributed by atoms with E-state index in [-0.39, 0.29) is 40.7 Å². The highest BCUT2D eigenvalue weighted by molar-refractivity contribution is 8.00. The molecule has 0 N–H and O–H groups in total. The zero-order valence-corrected chi connectivity index (χ0v) is 24.0. The molecular weight excluding hydrogens is 494 g/mol. The molecule has 2 aromatic rings. The van der Waals surface area contributed by atoms with Gasteiger partial charge in [-0.25, -0.2) is 4.68 Å². The minimum absolute atomic E-state index is 0.0229. The standard InChI is InChI=1S/C26H37N5O3S2/c1-17(32)28-9-11-29(12-10-28)19(33)14-30-20(34)16-36-22(18-8-13-35-15-18)21-23(25(2,3)4)27-31(24(21)30)26(5,6)7/h8,13,15,22H,9-12,14,16H2,1-7H3. The van der Waals surface area contributed by atoms with Crippen LogP contribution in [0.1, 0.15) is 70.5 Å². The Balaban J connectivity index is 1.79. The van der Waals surface area contributed by atoms with Crippen molar-refractivity contribution in [3.05, 3.63) is 33.6 Å². The molecule has 2 aliphatic heterocycles. The average molecular weight is 532 g/mol. The summed E-state index contributed by atoms with van der Waals surface area (Å²) in [7, 11) is 0. The second kappa shape index (κ2) is 9.85. The first-order valence-corrected chi connectivity index (χ1v) is 14.4. The summed E-state index contributed by atoms with van der Waals surface area (Å²) in [5, 5.41) is 9.28. The lowest BCUT2D eigenvalue weighted by Gasteiger charge is -2.35. The van der Waals surface area contributed by atoms with Crippen molar-refractivity contribution in [2.24, 2.45) is 0 Å². The van der Waals surface area contributed by atoms with Crippen LogP contribution in [0.25, 0.3) is 0 Å². The molecule has 8 nitrogen and oxygen atoms in total. The summed E-state index contributed by atoms with van der Waals surface area (Å²) < 4.78 is 1.95. The Morgan fingerprint density at radius 2 is 1.69 bits per heavy atom. The van der Waals surface area contributed by atoms with Crippen molar-refractivity contribution >= 4 is 46.6 Å². The lowest BCUT2D eigenvalue weighted by Crippen LogP contribution is -2.53. The van der Waals surface area contributed by atoms with E-state index in [9.17, 15) is 14.4 Å². The summed E-state index contributed by atoms with van der Waals surface area (Å²) in [6.07, 6.45) is 0. The highest BCUT2D eigenvalue weighted by Gasteiger charge is 2.42. The summed E-state index contributed by atoms with van der Waals surface area (Å²) in [5.74, 6) is 0.856. The third-order valence-corrected chi connectivity index (χ3v) is 8.61. The van der Waals surface area contributed by atoms with Gasteiger partial charge in [0.2, 0.25) is 17.7 Å². The Labute approximate surface area is 222 Å². The van der Waals surface area contributed by atoms with E-state index in [1.54, 1.807) is 44.7 Å². The maximum Gasteiger partial charge on any atom is 0.242 e. The zero-order valence-electron chi connectivity index (χ0n) is 22.3. The fourth-order valence-corrected chi connectivity index (χ4v) is 6.69. The first-order chi connectivity index (χ1) is 16.8. The molecule has 4 rings (SSSR count). The first kappa shape index (κ1) is 26.7. The molecule has 0 aromatic carbocycles. The maximum absolute atomic E-state index is 13.6. The van der Waals surface area contributed by atoms with E-state index >= 15 is 0 Å². The van der Waals surface area contributed by atoms with Gasteiger partial charge in [0, 0.05) is 44.1 Å². The molecule has 0 bridgehead atoms. The molecule has 1 saturated heterocycles. The Kier molecular flexibility index (Phi) is 7.31. The van der Waals surface area contributed by atoms with Crippen LogP contribution in [0.15, 0.2) is 16.8 Å². The lowest BCUT2D eigenvalue weighted by atomic mass is 9.87. The van der Waals surface area contributed by atoms with E-state index in [4.69, 9.17) is 5.10 Å². The average Bonchev–Trinajstić information content (AvgIpc) is 3.43. The molecular formula is C26H37N5O3S2. The van der Waals surface area contributed by atoms with Crippen molar-refractivity contribution < 1.29 is 14.4 Å². The predicted octanol–water partition coefficient (Wildman–Crippen LogP) is 3.86. The van der Waals surface area contributed by atoms with Crippen LogP contribution in [0.2, 0.25) is 0 Å². The maximum atomic E-state index is 13.6. The van der Waals surface area contributed by atoms with Gasteiger partial charge < -0.3 is 9.80 Å². The number of carbonyl (C=O) groups is 3. The molecule has 1 fully saturated rings. The molecule has 1 unspecified atom stereocenters. The number of rotatable bonds is 3. The Morgan fingerprint density at radius 3 is 2.22 bits per heavy atom. The SMILES string of the molecule is CC(=O)N1CCN(C(=O)CN2C(=O)CSC(c3ccsc3)c3c(C(C)(C)C)nn(C(C)(C)C)c32)CC1. The smallest absolute Gasteiger partial charge is 0.242 e. The highest BCUT2D eigenvalue weighted by atomic mass is 32.2. The highest BCUT2D eigenvalue weighted by Crippen LogP contribution is 2.49. The third-order valence-electron chi connectivity index (χ3n) is 6.65. The largest absolute Gasteiger partial charge is 0.339 e. The number of aromatic nitrogens is 2. The van der Waals surface area contributed by atoms with Gasteiger partial charge in [-0.2, -0.15) is 16.4 Å². The molecule has 0 spiro atoms. The van der Waals surface area contributed by atoms with Crippen molar-refractivity contribution in [3.8, 4) is 0 Å². The molecule has 196 valence electrons. The van der Waals surface area contributed by atoms with Crippen LogP contribution >= 0.6 is 23.1 Å². The molecule has 0 saturated carbocycles. The van der Waals surface area contributed by atoms with E-state index in [0.717, 1.165) is 22.6 Å². The van der Waals surface area contributed by atoms with E-state index in [1.807, 2.05) is 4.68 Å². The number of carbonyl (C=O) groups excluding carboxylic acids is 3. The van der Waals surface area contributed by atoms with E-state index in [0.29, 0.717) is 26.2 Å². The van der Waals surface area contributed by atoms with Crippen molar-refractivity contribution in [1.29, 1.82) is 0 Å². The number of anilines is 1. The van der Waals surface area contributed by atoms with Gasteiger partial charge in [0.1, 0.15) is 12.4 Å². The predicted molar refractivity (Wildman–Crippen MR) is 146 cm³/mol. The summed E-state index contributed by atoms with van der Waals surface area (Å²) in [5.41, 5.74) is 2.50. The van der Waals surface area contributed by atoms with Crippen LogP contribution in [-0.2, 0) is 25.3 Å². The van der Waals surface area contributed by atoms with Gasteiger partial charge in [-0.15, -0.1) is 11.8 Å². The minimum atomic E-state index is -0.392. The molecule has 2 aliphatic rings. The monoisotopic (exact) mass is 531 g/mol. The summed E-state index contributed by atoms with van der Waals surface area (Å²) in [4.78, 5) is 44.0. The van der Waals surface area contributed by atoms with Gasteiger partial charge in [0.05, 0.1) is 22.2 Å². The van der Waals surface area contributed by atoms with Crippen molar-refractivity contribution in [1.82, 2.24) is 19.6 Å². The van der Waals surface area contributed by atoms with Crippen LogP contribution in [0.4, 0.5) is 5.82 Å². The molecule has 36 heavy (non-hydrogen) atoms. The van der Waals surface area contributed by atoms with Gasteiger partial charge in [-0.1, -0.05) is 20.8 Å². The first-order valence-electron chi connectivity index (χ1n) is 12.4. The van der Waals surface area contributed by atoms with Gasteiger partial charge in [0.15, 0.2) is 0 Å². The zero-order chi connectivity index (χ0) is 26.4. The summed E-state index contributed by atoms with van der Waals surface area (Å²) >= 11 is 3.26. The van der Waals surface area contributed by atoms with Crippen LogP contribution in [0, 0.1) is 0 Å². The fourth-order valence-electron chi connectivity index (χ4n) is 4.73. The molecule has 10 heteroatoms. The topological polar surface area (TPSA) is 78.8 Å². The van der Waals surface area contributed by atoms with Crippen LogP contribution in [-0.4, -0.2) is 75.8 Å². The number of thiophene rings is 1. The van der Waals surface area contributed by atoms with Crippen LogP contribution < -0.4 is 4.90 Å². The normalized spacial score (nSPS) is 19.4. The number of hydrogen-bond acceptors (Lipinski definition) is 6.